The fraction of sp³-hybridized carbons (Fsp3) is 0.429. The zero-order valence-electron chi connectivity index (χ0n) is 11.8. The normalized spacial score (nSPS) is 11.5. The molecule has 0 amide bonds. The molecule has 1 rings (SSSR count). The molecule has 0 aliphatic heterocycles. The fourth-order valence-corrected chi connectivity index (χ4v) is 3.02. The molecule has 106 valence electrons. The van der Waals surface area contributed by atoms with Crippen molar-refractivity contribution in [2.45, 2.75) is 12.8 Å². The van der Waals surface area contributed by atoms with Gasteiger partial charge in [0.2, 0.25) is 0 Å². The molecule has 0 fully saturated rings. The van der Waals surface area contributed by atoms with Gasteiger partial charge in [0.15, 0.2) is 0 Å². The Labute approximate surface area is 116 Å². The maximum atomic E-state index is 5.61. The van der Waals surface area contributed by atoms with E-state index in [1.165, 1.54) is 26.9 Å². The van der Waals surface area contributed by atoms with Crippen LogP contribution in [0.25, 0.3) is 6.08 Å². The van der Waals surface area contributed by atoms with Crippen LogP contribution in [-0.4, -0.2) is 37.0 Å². The Morgan fingerprint density at radius 1 is 1.16 bits per heavy atom. The lowest BCUT2D eigenvalue weighted by atomic mass is 10.1. The molecule has 0 heterocycles. The average molecular weight is 282 g/mol. The highest BCUT2D eigenvalue weighted by atomic mass is 28.4. The van der Waals surface area contributed by atoms with Crippen LogP contribution >= 0.6 is 0 Å². The summed E-state index contributed by atoms with van der Waals surface area (Å²) in [7, 11) is 1.71. The minimum absolute atomic E-state index is 0.542. The number of hydrogen-bond donors (Lipinski definition) is 0. The summed E-state index contributed by atoms with van der Waals surface area (Å²) in [6.45, 7) is 4.31. The second-order valence-corrected chi connectivity index (χ2v) is 6.53. The minimum Gasteiger partial charge on any atom is -0.355 e. The van der Waals surface area contributed by atoms with E-state index >= 15 is 0 Å². The highest BCUT2D eigenvalue weighted by Crippen LogP contribution is 2.11. The first-order chi connectivity index (χ1) is 9.19. The van der Waals surface area contributed by atoms with Gasteiger partial charge in [-0.1, -0.05) is 36.9 Å². The maximum absolute atomic E-state index is 5.61. The Morgan fingerprint density at radius 2 is 1.84 bits per heavy atom. The summed E-state index contributed by atoms with van der Waals surface area (Å²) >= 11 is 0. The van der Waals surface area contributed by atoms with Crippen LogP contribution in [0, 0.1) is 0 Å². The molecule has 0 N–H and O–H groups in total. The van der Waals surface area contributed by atoms with Crippen molar-refractivity contribution in [2.75, 3.05) is 27.9 Å². The molecular formula is C14H22O4Si. The molecule has 0 saturated heterocycles. The number of rotatable bonds is 9. The van der Waals surface area contributed by atoms with E-state index in [9.17, 15) is 0 Å². The van der Waals surface area contributed by atoms with Crippen LogP contribution < -0.4 is 0 Å². The Hall–Kier alpha value is -0.983. The van der Waals surface area contributed by atoms with Crippen molar-refractivity contribution >= 4 is 15.1 Å². The molecular weight excluding hydrogens is 260 g/mol. The van der Waals surface area contributed by atoms with Gasteiger partial charge in [-0.15, -0.1) is 0 Å². The molecule has 0 atom stereocenters. The largest absolute Gasteiger partial charge is 0.678 e. The van der Waals surface area contributed by atoms with Crippen LogP contribution in [0.5, 0.6) is 0 Å². The van der Waals surface area contributed by atoms with E-state index in [4.69, 9.17) is 17.7 Å². The molecule has 0 bridgehead atoms. The van der Waals surface area contributed by atoms with Crippen molar-refractivity contribution in [1.82, 2.24) is 0 Å². The lowest BCUT2D eigenvalue weighted by Gasteiger charge is -2.22. The standard InChI is InChI=1S/C14H22O4Si/c1-5-13-8-6-9-14(12-13)10-7-11-18-19(15-2,16-3)17-4/h5-6,8-9,12H,1,7,10-11H2,2-4H3. The molecule has 0 unspecified atom stereocenters. The first kappa shape index (κ1) is 16.1. The van der Waals surface area contributed by atoms with Gasteiger partial charge in [-0.3, -0.25) is 0 Å². The lowest BCUT2D eigenvalue weighted by Crippen LogP contribution is -2.46. The van der Waals surface area contributed by atoms with Crippen LogP contribution in [0.3, 0.4) is 0 Å². The summed E-state index contributed by atoms with van der Waals surface area (Å²) in [5, 5.41) is 0. The summed E-state index contributed by atoms with van der Waals surface area (Å²) in [4.78, 5) is 0. The van der Waals surface area contributed by atoms with Gasteiger partial charge in [0.1, 0.15) is 0 Å². The Kier molecular flexibility index (Phi) is 6.97. The first-order valence-electron chi connectivity index (χ1n) is 6.20. The summed E-state index contributed by atoms with van der Waals surface area (Å²) < 4.78 is 21.2. The predicted octanol–water partition coefficient (Wildman–Crippen LogP) is 2.65. The Balaban J connectivity index is 2.39. The van der Waals surface area contributed by atoms with Gasteiger partial charge < -0.3 is 17.7 Å². The van der Waals surface area contributed by atoms with E-state index in [1.807, 2.05) is 18.2 Å². The van der Waals surface area contributed by atoms with Gasteiger partial charge in [0.05, 0.1) is 0 Å². The molecule has 0 aromatic heterocycles. The Bertz CT molecular complexity index is 383. The van der Waals surface area contributed by atoms with Crippen molar-refractivity contribution in [1.29, 1.82) is 0 Å². The maximum Gasteiger partial charge on any atom is 0.678 e. The molecule has 0 aliphatic rings. The van der Waals surface area contributed by atoms with E-state index in [-0.39, 0.29) is 0 Å². The van der Waals surface area contributed by atoms with Crippen molar-refractivity contribution < 1.29 is 17.7 Å². The third-order valence-corrected chi connectivity index (χ3v) is 4.88. The van der Waals surface area contributed by atoms with Crippen LogP contribution in [0.1, 0.15) is 17.5 Å². The van der Waals surface area contributed by atoms with E-state index in [0.29, 0.717) is 6.61 Å². The second kappa shape index (κ2) is 8.24. The van der Waals surface area contributed by atoms with Crippen molar-refractivity contribution in [3.8, 4) is 0 Å². The predicted molar refractivity (Wildman–Crippen MR) is 77.6 cm³/mol. The van der Waals surface area contributed by atoms with Crippen LogP contribution in [0.4, 0.5) is 0 Å². The monoisotopic (exact) mass is 282 g/mol. The molecule has 0 saturated carbocycles. The third-order valence-electron chi connectivity index (χ3n) is 2.83. The Morgan fingerprint density at radius 3 is 2.42 bits per heavy atom. The van der Waals surface area contributed by atoms with Crippen LogP contribution in [-0.2, 0) is 24.1 Å². The van der Waals surface area contributed by atoms with Gasteiger partial charge in [-0.05, 0) is 24.0 Å². The average Bonchev–Trinajstić information content (AvgIpc) is 2.48. The highest BCUT2D eigenvalue weighted by Gasteiger charge is 2.41. The summed E-state index contributed by atoms with van der Waals surface area (Å²) in [5.74, 6) is 0. The summed E-state index contributed by atoms with van der Waals surface area (Å²) in [5.41, 5.74) is 2.40. The SMILES string of the molecule is C=Cc1cccc(CCCO[Si](OC)(OC)OC)c1. The molecule has 4 nitrogen and oxygen atoms in total. The summed E-state index contributed by atoms with van der Waals surface area (Å²) in [6.07, 6.45) is 3.66. The highest BCUT2D eigenvalue weighted by molar-refractivity contribution is 6.53. The molecule has 0 aliphatic carbocycles. The zero-order chi connectivity index (χ0) is 14.1. The van der Waals surface area contributed by atoms with Crippen LogP contribution in [0.2, 0.25) is 0 Å². The molecule has 0 spiro atoms. The summed E-state index contributed by atoms with van der Waals surface area (Å²) in [6, 6.07) is 8.29. The topological polar surface area (TPSA) is 36.9 Å². The van der Waals surface area contributed by atoms with E-state index in [2.05, 4.69) is 18.7 Å². The van der Waals surface area contributed by atoms with Gasteiger partial charge in [-0.2, -0.15) is 0 Å². The van der Waals surface area contributed by atoms with Crippen LogP contribution in [0.15, 0.2) is 30.8 Å². The number of aryl methyl sites for hydroxylation is 1. The van der Waals surface area contributed by atoms with Gasteiger partial charge in [-0.25, -0.2) is 0 Å². The van der Waals surface area contributed by atoms with Crippen molar-refractivity contribution in [2.24, 2.45) is 0 Å². The minimum atomic E-state index is -2.89. The van der Waals surface area contributed by atoms with Gasteiger partial charge >= 0.3 is 9.05 Å². The smallest absolute Gasteiger partial charge is 0.355 e. The third kappa shape index (κ3) is 4.89. The number of benzene rings is 1. The zero-order valence-corrected chi connectivity index (χ0v) is 12.8. The molecule has 1 aromatic carbocycles. The fourth-order valence-electron chi connectivity index (χ4n) is 1.78. The van der Waals surface area contributed by atoms with E-state index in [0.717, 1.165) is 18.4 Å². The molecule has 1 aromatic rings. The van der Waals surface area contributed by atoms with Crippen molar-refractivity contribution in [3.05, 3.63) is 42.0 Å². The lowest BCUT2D eigenvalue weighted by molar-refractivity contribution is 0.00544. The first-order valence-corrected chi connectivity index (χ1v) is 7.83. The van der Waals surface area contributed by atoms with E-state index < -0.39 is 9.05 Å². The van der Waals surface area contributed by atoms with Gasteiger partial charge in [0.25, 0.3) is 0 Å². The number of hydrogen-bond acceptors (Lipinski definition) is 4. The van der Waals surface area contributed by atoms with Gasteiger partial charge in [0, 0.05) is 27.9 Å². The second-order valence-electron chi connectivity index (χ2n) is 4.01. The van der Waals surface area contributed by atoms with E-state index in [1.54, 1.807) is 0 Å². The molecule has 0 radical (unpaired) electrons. The quantitative estimate of drug-likeness (QED) is 0.515. The van der Waals surface area contributed by atoms with Crippen molar-refractivity contribution in [3.63, 3.8) is 0 Å². The molecule has 5 heteroatoms. The molecule has 19 heavy (non-hydrogen) atoms.